The molecule has 0 fully saturated rings. The second kappa shape index (κ2) is 6.70. The molecule has 1 aromatic heterocycles. The van der Waals surface area contributed by atoms with Gasteiger partial charge in [-0.3, -0.25) is 0 Å². The van der Waals surface area contributed by atoms with Crippen LogP contribution in [-0.4, -0.2) is 16.1 Å². The van der Waals surface area contributed by atoms with Crippen LogP contribution in [-0.2, 0) is 4.79 Å². The molecule has 0 aliphatic carbocycles. The molecular formula is C17H17NO3. The van der Waals surface area contributed by atoms with Crippen LogP contribution in [0.25, 0.3) is 6.08 Å². The van der Waals surface area contributed by atoms with Gasteiger partial charge >= 0.3 is 5.97 Å². The summed E-state index contributed by atoms with van der Waals surface area (Å²) in [5.41, 5.74) is 1.70. The average Bonchev–Trinajstić information content (AvgIpc) is 2.46. The van der Waals surface area contributed by atoms with E-state index in [-0.39, 0.29) is 0 Å². The van der Waals surface area contributed by atoms with E-state index in [0.29, 0.717) is 17.4 Å². The lowest BCUT2D eigenvalue weighted by molar-refractivity contribution is -0.131. The summed E-state index contributed by atoms with van der Waals surface area (Å²) in [4.78, 5) is 14.8. The molecule has 0 unspecified atom stereocenters. The number of rotatable bonds is 5. The standard InChI is InChI=1S/C17H17NO3/c1-12(2)14-7-3-4-8-15(14)21-17-13(6-5-11-18-17)9-10-16(19)20/h3-12H,1-2H3,(H,19,20)/b10-9+. The summed E-state index contributed by atoms with van der Waals surface area (Å²) >= 11 is 0. The van der Waals surface area contributed by atoms with Crippen molar-refractivity contribution in [3.8, 4) is 11.6 Å². The molecule has 0 aliphatic heterocycles. The van der Waals surface area contributed by atoms with Gasteiger partial charge in [0.05, 0.1) is 0 Å². The van der Waals surface area contributed by atoms with Gasteiger partial charge in [0.15, 0.2) is 0 Å². The van der Waals surface area contributed by atoms with Gasteiger partial charge in [0.2, 0.25) is 5.88 Å². The Morgan fingerprint density at radius 2 is 2.00 bits per heavy atom. The van der Waals surface area contributed by atoms with Gasteiger partial charge in [0.25, 0.3) is 0 Å². The number of hydrogen-bond acceptors (Lipinski definition) is 3. The number of ether oxygens (including phenoxy) is 1. The highest BCUT2D eigenvalue weighted by Gasteiger charge is 2.10. The van der Waals surface area contributed by atoms with Gasteiger partial charge in [-0.2, -0.15) is 0 Å². The highest BCUT2D eigenvalue weighted by Crippen LogP contribution is 2.31. The van der Waals surface area contributed by atoms with Crippen LogP contribution in [0, 0.1) is 0 Å². The first-order valence-electron chi connectivity index (χ1n) is 6.70. The lowest BCUT2D eigenvalue weighted by atomic mass is 10.0. The number of benzene rings is 1. The maximum Gasteiger partial charge on any atom is 0.328 e. The highest BCUT2D eigenvalue weighted by molar-refractivity contribution is 5.85. The minimum absolute atomic E-state index is 0.322. The van der Waals surface area contributed by atoms with Crippen LogP contribution in [0.5, 0.6) is 11.6 Å². The summed E-state index contributed by atoms with van der Waals surface area (Å²) in [6, 6.07) is 11.3. The minimum atomic E-state index is -1.01. The van der Waals surface area contributed by atoms with E-state index in [1.54, 1.807) is 18.3 Å². The van der Waals surface area contributed by atoms with Crippen molar-refractivity contribution < 1.29 is 14.6 Å². The first-order chi connectivity index (χ1) is 10.1. The van der Waals surface area contributed by atoms with Crippen LogP contribution in [0.3, 0.4) is 0 Å². The van der Waals surface area contributed by atoms with Crippen LogP contribution in [0.1, 0.15) is 30.9 Å². The predicted molar refractivity (Wildman–Crippen MR) is 81.5 cm³/mol. The molecule has 1 aromatic carbocycles. The van der Waals surface area contributed by atoms with Gasteiger partial charge in [-0.1, -0.05) is 32.0 Å². The number of aromatic nitrogens is 1. The molecule has 0 radical (unpaired) electrons. The second-order valence-electron chi connectivity index (χ2n) is 4.86. The number of pyridine rings is 1. The maximum absolute atomic E-state index is 10.6. The van der Waals surface area contributed by atoms with E-state index >= 15 is 0 Å². The third-order valence-corrected chi connectivity index (χ3v) is 2.95. The third kappa shape index (κ3) is 3.92. The van der Waals surface area contributed by atoms with Crippen LogP contribution in [0.15, 0.2) is 48.7 Å². The number of nitrogens with zero attached hydrogens (tertiary/aromatic N) is 1. The summed E-state index contributed by atoms with van der Waals surface area (Å²) in [6.07, 6.45) is 4.16. The number of carboxylic acids is 1. The number of para-hydroxylation sites is 1. The van der Waals surface area contributed by atoms with Gasteiger partial charge in [0.1, 0.15) is 5.75 Å². The Bertz CT molecular complexity index is 663. The Morgan fingerprint density at radius 3 is 2.71 bits per heavy atom. The topological polar surface area (TPSA) is 59.4 Å². The molecule has 4 heteroatoms. The molecule has 0 saturated carbocycles. The van der Waals surface area contributed by atoms with Crippen molar-refractivity contribution in [3.63, 3.8) is 0 Å². The van der Waals surface area contributed by atoms with E-state index in [2.05, 4.69) is 18.8 Å². The van der Waals surface area contributed by atoms with Crippen molar-refractivity contribution in [2.75, 3.05) is 0 Å². The molecule has 108 valence electrons. The van der Waals surface area contributed by atoms with E-state index in [1.165, 1.54) is 6.08 Å². The van der Waals surface area contributed by atoms with E-state index in [1.807, 2.05) is 24.3 Å². The highest BCUT2D eigenvalue weighted by atomic mass is 16.5. The number of carbonyl (C=O) groups is 1. The smallest absolute Gasteiger partial charge is 0.328 e. The molecule has 0 atom stereocenters. The summed E-state index contributed by atoms with van der Waals surface area (Å²) < 4.78 is 5.88. The molecule has 0 saturated heterocycles. The molecular weight excluding hydrogens is 266 g/mol. The van der Waals surface area contributed by atoms with Gasteiger partial charge in [-0.15, -0.1) is 0 Å². The molecule has 4 nitrogen and oxygen atoms in total. The van der Waals surface area contributed by atoms with E-state index in [9.17, 15) is 4.79 Å². The molecule has 1 N–H and O–H groups in total. The lowest BCUT2D eigenvalue weighted by Gasteiger charge is -2.13. The van der Waals surface area contributed by atoms with E-state index in [0.717, 1.165) is 17.4 Å². The fraction of sp³-hybridized carbons (Fsp3) is 0.176. The third-order valence-electron chi connectivity index (χ3n) is 2.95. The first-order valence-corrected chi connectivity index (χ1v) is 6.70. The summed E-state index contributed by atoms with van der Waals surface area (Å²) in [5, 5.41) is 8.72. The number of hydrogen-bond donors (Lipinski definition) is 1. The van der Waals surface area contributed by atoms with Gasteiger partial charge in [-0.25, -0.2) is 9.78 Å². The zero-order valence-electron chi connectivity index (χ0n) is 12.0. The number of carboxylic acid groups (broad SMARTS) is 1. The van der Waals surface area contributed by atoms with Crippen molar-refractivity contribution in [3.05, 3.63) is 59.8 Å². The van der Waals surface area contributed by atoms with Crippen LogP contribution < -0.4 is 4.74 Å². The average molecular weight is 283 g/mol. The second-order valence-corrected chi connectivity index (χ2v) is 4.86. The van der Waals surface area contributed by atoms with E-state index < -0.39 is 5.97 Å². The lowest BCUT2D eigenvalue weighted by Crippen LogP contribution is -1.96. The summed E-state index contributed by atoms with van der Waals surface area (Å²) in [7, 11) is 0. The normalized spacial score (nSPS) is 11.0. The largest absolute Gasteiger partial charge is 0.478 e. The molecule has 0 bridgehead atoms. The molecule has 1 heterocycles. The zero-order valence-corrected chi connectivity index (χ0v) is 12.0. The Labute approximate surface area is 123 Å². The minimum Gasteiger partial charge on any atom is -0.478 e. The van der Waals surface area contributed by atoms with Crippen LogP contribution in [0.2, 0.25) is 0 Å². The fourth-order valence-electron chi connectivity index (χ4n) is 1.93. The molecule has 0 amide bonds. The monoisotopic (exact) mass is 283 g/mol. The molecule has 0 spiro atoms. The molecule has 0 aliphatic rings. The van der Waals surface area contributed by atoms with Crippen molar-refractivity contribution in [2.45, 2.75) is 19.8 Å². The van der Waals surface area contributed by atoms with Crippen molar-refractivity contribution in [1.29, 1.82) is 0 Å². The Balaban J connectivity index is 2.34. The number of aliphatic carboxylic acids is 1. The Hall–Kier alpha value is -2.62. The van der Waals surface area contributed by atoms with Crippen molar-refractivity contribution in [2.24, 2.45) is 0 Å². The molecule has 2 rings (SSSR count). The summed E-state index contributed by atoms with van der Waals surface area (Å²) in [6.45, 7) is 4.18. The zero-order chi connectivity index (χ0) is 15.2. The molecule has 21 heavy (non-hydrogen) atoms. The quantitative estimate of drug-likeness (QED) is 0.839. The van der Waals surface area contributed by atoms with Gasteiger partial charge in [0, 0.05) is 17.8 Å². The van der Waals surface area contributed by atoms with Crippen molar-refractivity contribution >= 4 is 12.0 Å². The predicted octanol–water partition coefficient (Wildman–Crippen LogP) is 4.10. The van der Waals surface area contributed by atoms with Crippen molar-refractivity contribution in [1.82, 2.24) is 4.98 Å². The van der Waals surface area contributed by atoms with Crippen LogP contribution >= 0.6 is 0 Å². The maximum atomic E-state index is 10.6. The van der Waals surface area contributed by atoms with Gasteiger partial charge < -0.3 is 9.84 Å². The van der Waals surface area contributed by atoms with E-state index in [4.69, 9.17) is 9.84 Å². The fourth-order valence-corrected chi connectivity index (χ4v) is 1.93. The Morgan fingerprint density at radius 1 is 1.24 bits per heavy atom. The van der Waals surface area contributed by atoms with Gasteiger partial charge in [-0.05, 0) is 35.8 Å². The Kier molecular flexibility index (Phi) is 4.72. The first kappa shape index (κ1) is 14.8. The SMILES string of the molecule is CC(C)c1ccccc1Oc1ncccc1/C=C/C(=O)O. The van der Waals surface area contributed by atoms with Crippen LogP contribution in [0.4, 0.5) is 0 Å². The molecule has 2 aromatic rings. The summed E-state index contributed by atoms with van der Waals surface area (Å²) in [5.74, 6) is 0.439.